The maximum absolute atomic E-state index is 8.81. The molecule has 21 heavy (non-hydrogen) atoms. The molecule has 0 aliphatic carbocycles. The molecule has 0 saturated heterocycles. The lowest BCUT2D eigenvalue weighted by molar-refractivity contribution is 0.341. The van der Waals surface area contributed by atoms with Crippen molar-refractivity contribution in [2.24, 2.45) is 11.8 Å². The van der Waals surface area contributed by atoms with Crippen molar-refractivity contribution >= 4 is 0 Å². The molecule has 1 heteroatoms. The van der Waals surface area contributed by atoms with E-state index in [4.69, 9.17) is 5.11 Å². The highest BCUT2D eigenvalue weighted by Gasteiger charge is 2.04. The van der Waals surface area contributed by atoms with E-state index in [9.17, 15) is 0 Å². The highest BCUT2D eigenvalue weighted by atomic mass is 16.2. The summed E-state index contributed by atoms with van der Waals surface area (Å²) in [5.41, 5.74) is 2.70. The number of hydrogen-bond donors (Lipinski definition) is 1. The molecule has 1 atom stereocenters. The number of hydrogen-bond acceptors (Lipinski definition) is 1. The fourth-order valence-corrected chi connectivity index (χ4v) is 2.72. The van der Waals surface area contributed by atoms with Gasteiger partial charge in [0.25, 0.3) is 0 Å². The molecule has 0 aliphatic rings. The summed E-state index contributed by atoms with van der Waals surface area (Å²) in [6.45, 7) is 13.5. The zero-order valence-corrected chi connectivity index (χ0v) is 15.0. The molecule has 0 aliphatic heterocycles. The Balaban J connectivity index is 3.54. The van der Waals surface area contributed by atoms with E-state index in [0.717, 1.165) is 24.7 Å². The summed E-state index contributed by atoms with van der Waals surface area (Å²) in [5, 5.41) is 8.81. The van der Waals surface area contributed by atoms with Crippen molar-refractivity contribution in [3.63, 3.8) is 0 Å². The summed E-state index contributed by atoms with van der Waals surface area (Å²) in [5.74, 6) is 1.71. The van der Waals surface area contributed by atoms with E-state index >= 15 is 0 Å². The van der Waals surface area contributed by atoms with Crippen LogP contribution in [0.3, 0.4) is 0 Å². The van der Waals surface area contributed by atoms with Gasteiger partial charge in [-0.15, -0.1) is 0 Å². The maximum atomic E-state index is 8.81. The van der Waals surface area contributed by atoms with E-state index in [1.807, 2.05) is 6.08 Å². The fourth-order valence-electron chi connectivity index (χ4n) is 2.72. The van der Waals surface area contributed by atoms with Crippen molar-refractivity contribution in [2.45, 2.75) is 85.5 Å². The second-order valence-corrected chi connectivity index (χ2v) is 7.16. The molecule has 1 unspecified atom stereocenters. The Morgan fingerprint density at radius 2 is 1.57 bits per heavy atom. The number of rotatable bonds is 13. The van der Waals surface area contributed by atoms with Gasteiger partial charge in [0.15, 0.2) is 0 Å². The van der Waals surface area contributed by atoms with Gasteiger partial charge < -0.3 is 5.11 Å². The van der Waals surface area contributed by atoms with E-state index in [1.54, 1.807) is 0 Å². The number of allylic oxidation sites excluding steroid dienone is 2. The molecule has 0 bridgehead atoms. The third-order valence-electron chi connectivity index (χ3n) is 4.25. The highest BCUT2D eigenvalue weighted by Crippen LogP contribution is 2.20. The topological polar surface area (TPSA) is 20.2 Å². The molecule has 0 radical (unpaired) electrons. The third kappa shape index (κ3) is 14.2. The van der Waals surface area contributed by atoms with Crippen molar-refractivity contribution in [3.8, 4) is 0 Å². The molecular formula is C20H38O. The molecule has 124 valence electrons. The molecular weight excluding hydrogens is 256 g/mol. The van der Waals surface area contributed by atoms with Crippen LogP contribution < -0.4 is 0 Å². The second-order valence-electron chi connectivity index (χ2n) is 7.16. The summed E-state index contributed by atoms with van der Waals surface area (Å²) in [6, 6.07) is 0. The first-order chi connectivity index (χ1) is 9.95. The van der Waals surface area contributed by atoms with Crippen molar-refractivity contribution in [1.82, 2.24) is 0 Å². The van der Waals surface area contributed by atoms with Crippen LogP contribution in [0.4, 0.5) is 0 Å². The first-order valence-corrected chi connectivity index (χ1v) is 8.88. The van der Waals surface area contributed by atoms with Crippen LogP contribution in [0, 0.1) is 11.8 Å². The number of aliphatic hydroxyl groups excluding tert-OH is 1. The minimum atomic E-state index is 0.168. The SMILES string of the molecule is C=C(CCC/C(C)=C/CO)CCCC(C)CCCC(C)C. The van der Waals surface area contributed by atoms with Crippen LogP contribution in [-0.2, 0) is 0 Å². The van der Waals surface area contributed by atoms with Crippen LogP contribution in [-0.4, -0.2) is 11.7 Å². The minimum Gasteiger partial charge on any atom is -0.392 e. The maximum Gasteiger partial charge on any atom is 0.0614 e. The van der Waals surface area contributed by atoms with Crippen molar-refractivity contribution in [3.05, 3.63) is 23.8 Å². The summed E-state index contributed by atoms with van der Waals surface area (Å²) >= 11 is 0. The van der Waals surface area contributed by atoms with E-state index in [1.165, 1.54) is 56.1 Å². The predicted molar refractivity (Wildman–Crippen MR) is 95.5 cm³/mol. The Bertz CT molecular complexity index is 288. The van der Waals surface area contributed by atoms with Gasteiger partial charge in [-0.2, -0.15) is 0 Å². The van der Waals surface area contributed by atoms with Crippen LogP contribution in [0.1, 0.15) is 85.5 Å². The van der Waals surface area contributed by atoms with E-state index < -0.39 is 0 Å². The van der Waals surface area contributed by atoms with Gasteiger partial charge >= 0.3 is 0 Å². The lowest BCUT2D eigenvalue weighted by Crippen LogP contribution is -1.97. The second kappa shape index (κ2) is 13.1. The molecule has 0 aromatic rings. The molecule has 0 aromatic carbocycles. The van der Waals surface area contributed by atoms with Gasteiger partial charge in [-0.25, -0.2) is 0 Å². The van der Waals surface area contributed by atoms with E-state index in [0.29, 0.717) is 0 Å². The number of aliphatic hydroxyl groups is 1. The average molecular weight is 295 g/mol. The van der Waals surface area contributed by atoms with Crippen LogP contribution in [0.5, 0.6) is 0 Å². The van der Waals surface area contributed by atoms with Gasteiger partial charge in [0.2, 0.25) is 0 Å². The zero-order chi connectivity index (χ0) is 16.1. The van der Waals surface area contributed by atoms with E-state index in [-0.39, 0.29) is 6.61 Å². The van der Waals surface area contributed by atoms with Gasteiger partial charge in [-0.05, 0) is 50.9 Å². The average Bonchev–Trinajstić information content (AvgIpc) is 2.38. The molecule has 0 fully saturated rings. The van der Waals surface area contributed by atoms with Crippen LogP contribution >= 0.6 is 0 Å². The summed E-state index contributed by atoms with van der Waals surface area (Å²) in [6.07, 6.45) is 13.3. The van der Waals surface area contributed by atoms with Crippen LogP contribution in [0.25, 0.3) is 0 Å². The summed E-state index contributed by atoms with van der Waals surface area (Å²) < 4.78 is 0. The molecule has 0 amide bonds. The molecule has 0 heterocycles. The van der Waals surface area contributed by atoms with Gasteiger partial charge in [0.1, 0.15) is 0 Å². The predicted octanol–water partition coefficient (Wildman–Crippen LogP) is 6.28. The Labute approximate surface area is 133 Å². The van der Waals surface area contributed by atoms with Crippen molar-refractivity contribution in [2.75, 3.05) is 6.61 Å². The molecule has 1 N–H and O–H groups in total. The van der Waals surface area contributed by atoms with Crippen LogP contribution in [0.2, 0.25) is 0 Å². The monoisotopic (exact) mass is 294 g/mol. The smallest absolute Gasteiger partial charge is 0.0614 e. The summed E-state index contributed by atoms with van der Waals surface area (Å²) in [4.78, 5) is 0. The highest BCUT2D eigenvalue weighted by molar-refractivity contribution is 5.00. The Morgan fingerprint density at radius 3 is 2.19 bits per heavy atom. The molecule has 0 rings (SSSR count). The van der Waals surface area contributed by atoms with Crippen molar-refractivity contribution in [1.29, 1.82) is 0 Å². The minimum absolute atomic E-state index is 0.168. The Hall–Kier alpha value is -0.560. The largest absolute Gasteiger partial charge is 0.392 e. The molecule has 0 spiro atoms. The first kappa shape index (κ1) is 20.4. The van der Waals surface area contributed by atoms with Crippen LogP contribution in [0.15, 0.2) is 23.8 Å². The van der Waals surface area contributed by atoms with E-state index in [2.05, 4.69) is 34.3 Å². The van der Waals surface area contributed by atoms with Gasteiger partial charge in [0.05, 0.1) is 6.61 Å². The normalized spacial score (nSPS) is 13.7. The molecule has 0 aromatic heterocycles. The zero-order valence-electron chi connectivity index (χ0n) is 15.0. The fraction of sp³-hybridized carbons (Fsp3) is 0.800. The standard InChI is InChI=1S/C20H38O/c1-17(2)9-6-10-18(3)11-7-12-19(4)13-8-14-20(5)15-16-21/h15,17-18,21H,4,6-14,16H2,1-3,5H3/b20-15+. The molecule has 1 nitrogen and oxygen atoms in total. The third-order valence-corrected chi connectivity index (χ3v) is 4.25. The Morgan fingerprint density at radius 1 is 0.952 bits per heavy atom. The van der Waals surface area contributed by atoms with Crippen molar-refractivity contribution < 1.29 is 5.11 Å². The lowest BCUT2D eigenvalue weighted by Gasteiger charge is -2.13. The Kier molecular flexibility index (Phi) is 12.8. The van der Waals surface area contributed by atoms with Gasteiger partial charge in [-0.3, -0.25) is 0 Å². The molecule has 0 saturated carbocycles. The quantitative estimate of drug-likeness (QED) is 0.396. The lowest BCUT2D eigenvalue weighted by atomic mass is 9.94. The van der Waals surface area contributed by atoms with Gasteiger partial charge in [-0.1, -0.05) is 70.3 Å². The summed E-state index contributed by atoms with van der Waals surface area (Å²) in [7, 11) is 0. The van der Waals surface area contributed by atoms with Gasteiger partial charge in [0, 0.05) is 0 Å². The first-order valence-electron chi connectivity index (χ1n) is 8.88.